The van der Waals surface area contributed by atoms with E-state index < -0.39 is 0 Å². The molecule has 7 heavy (non-hydrogen) atoms. The third-order valence-electron chi connectivity index (χ3n) is 0.414. The van der Waals surface area contributed by atoms with E-state index in [1.807, 2.05) is 0 Å². The highest BCUT2D eigenvalue weighted by atomic mass is 14.0. The Balaban J connectivity index is 0. The van der Waals surface area contributed by atoms with Crippen LogP contribution in [-0.4, -0.2) is 0 Å². The molecule has 0 bridgehead atoms. The quantitative estimate of drug-likeness (QED) is 0.385. The molecule has 0 aliphatic heterocycles. The number of rotatable bonds is 1. The maximum atomic E-state index is 4.87. The fraction of sp³-hybridized carbons (Fsp3) is 0.333. The lowest BCUT2D eigenvalue weighted by molar-refractivity contribution is 1.13. The van der Waals surface area contributed by atoms with E-state index >= 15 is 0 Å². The van der Waals surface area contributed by atoms with E-state index in [1.54, 1.807) is 0 Å². The SMILES string of the molecule is C#CCCC#C.N. The van der Waals surface area contributed by atoms with E-state index in [4.69, 9.17) is 12.8 Å². The average molecular weight is 95.1 g/mol. The van der Waals surface area contributed by atoms with Crippen LogP contribution in [0.3, 0.4) is 0 Å². The predicted octanol–water partition coefficient (Wildman–Crippen LogP) is 1.19. The Bertz CT molecular complexity index is 77.7. The summed E-state index contributed by atoms with van der Waals surface area (Å²) in [7, 11) is 0. The first-order valence-electron chi connectivity index (χ1n) is 1.78. The fourth-order valence-electron chi connectivity index (χ4n) is 0.144. The third kappa shape index (κ3) is 11.1. The van der Waals surface area contributed by atoms with Crippen LogP contribution in [0.4, 0.5) is 0 Å². The molecule has 0 aliphatic rings. The van der Waals surface area contributed by atoms with Crippen molar-refractivity contribution in [2.24, 2.45) is 0 Å². The van der Waals surface area contributed by atoms with Gasteiger partial charge >= 0.3 is 0 Å². The lowest BCUT2D eigenvalue weighted by atomic mass is 10.3. The van der Waals surface area contributed by atoms with Gasteiger partial charge in [-0.3, -0.25) is 0 Å². The minimum Gasteiger partial charge on any atom is -0.344 e. The summed E-state index contributed by atoms with van der Waals surface area (Å²) < 4.78 is 0. The zero-order valence-electron chi connectivity index (χ0n) is 4.28. The van der Waals surface area contributed by atoms with Crippen molar-refractivity contribution in [2.75, 3.05) is 0 Å². The van der Waals surface area contributed by atoms with Gasteiger partial charge in [-0.15, -0.1) is 24.7 Å². The van der Waals surface area contributed by atoms with Gasteiger partial charge in [-0.25, -0.2) is 0 Å². The lowest BCUT2D eigenvalue weighted by Gasteiger charge is -1.70. The summed E-state index contributed by atoms with van der Waals surface area (Å²) in [5, 5.41) is 0. The van der Waals surface area contributed by atoms with Crippen molar-refractivity contribution in [1.82, 2.24) is 6.15 Å². The van der Waals surface area contributed by atoms with Crippen LogP contribution in [0.1, 0.15) is 12.8 Å². The van der Waals surface area contributed by atoms with Crippen LogP contribution in [0, 0.1) is 24.7 Å². The second-order valence-electron chi connectivity index (χ2n) is 0.908. The van der Waals surface area contributed by atoms with Crippen LogP contribution >= 0.6 is 0 Å². The van der Waals surface area contributed by atoms with Gasteiger partial charge in [-0.2, -0.15) is 0 Å². The van der Waals surface area contributed by atoms with Gasteiger partial charge in [0, 0.05) is 12.8 Å². The Labute approximate surface area is 44.7 Å². The molecule has 1 heteroatoms. The van der Waals surface area contributed by atoms with Crippen LogP contribution in [0.2, 0.25) is 0 Å². The molecule has 0 aromatic carbocycles. The van der Waals surface area contributed by atoms with Gasteiger partial charge < -0.3 is 6.15 Å². The molecule has 0 aliphatic carbocycles. The molecule has 0 atom stereocenters. The molecule has 0 amide bonds. The Morgan fingerprint density at radius 3 is 1.43 bits per heavy atom. The molecule has 0 aromatic heterocycles. The molecule has 0 aromatic rings. The van der Waals surface area contributed by atoms with Gasteiger partial charge in [0.05, 0.1) is 0 Å². The van der Waals surface area contributed by atoms with Crippen molar-refractivity contribution >= 4 is 0 Å². The summed E-state index contributed by atoms with van der Waals surface area (Å²) >= 11 is 0. The van der Waals surface area contributed by atoms with Crippen molar-refractivity contribution in [3.63, 3.8) is 0 Å². The van der Waals surface area contributed by atoms with E-state index in [-0.39, 0.29) is 6.15 Å². The fourth-order valence-corrected chi connectivity index (χ4v) is 0.144. The molecule has 0 unspecified atom stereocenters. The molecule has 0 fully saturated rings. The minimum atomic E-state index is 0. The number of hydrogen-bond donors (Lipinski definition) is 1. The molecule has 3 N–H and O–H groups in total. The van der Waals surface area contributed by atoms with Crippen molar-refractivity contribution < 1.29 is 0 Å². The first kappa shape index (κ1) is 9.43. The lowest BCUT2D eigenvalue weighted by Crippen LogP contribution is -1.58. The standard InChI is InChI=1S/C6H6.H3N/c1-3-5-6-4-2;/h1-2H,5-6H2;1H3. The highest BCUT2D eigenvalue weighted by molar-refractivity contribution is 4.92. The van der Waals surface area contributed by atoms with Crippen molar-refractivity contribution in [2.45, 2.75) is 12.8 Å². The summed E-state index contributed by atoms with van der Waals surface area (Å²) in [6.45, 7) is 0. The monoisotopic (exact) mass is 95.1 g/mol. The normalized spacial score (nSPS) is 4.86. The molecular weight excluding hydrogens is 86.1 g/mol. The zero-order chi connectivity index (χ0) is 4.83. The van der Waals surface area contributed by atoms with Gasteiger partial charge in [0.1, 0.15) is 0 Å². The first-order chi connectivity index (χ1) is 2.91. The predicted molar refractivity (Wildman–Crippen MR) is 31.9 cm³/mol. The first-order valence-corrected chi connectivity index (χ1v) is 1.78. The van der Waals surface area contributed by atoms with Crippen LogP contribution in [0.15, 0.2) is 0 Å². The smallest absolute Gasteiger partial charge is 0.0196 e. The van der Waals surface area contributed by atoms with Crippen molar-refractivity contribution in [3.8, 4) is 24.7 Å². The maximum Gasteiger partial charge on any atom is 0.0196 e. The van der Waals surface area contributed by atoms with Crippen LogP contribution < -0.4 is 6.15 Å². The molecule has 0 radical (unpaired) electrons. The van der Waals surface area contributed by atoms with Crippen LogP contribution in [0.5, 0.6) is 0 Å². The van der Waals surface area contributed by atoms with Gasteiger partial charge in [0.15, 0.2) is 0 Å². The van der Waals surface area contributed by atoms with Crippen LogP contribution in [0.25, 0.3) is 0 Å². The average Bonchev–Trinajstić information content (AvgIpc) is 1.61. The van der Waals surface area contributed by atoms with E-state index in [0.717, 1.165) is 0 Å². The van der Waals surface area contributed by atoms with E-state index in [0.29, 0.717) is 12.8 Å². The number of hydrogen-bond acceptors (Lipinski definition) is 1. The van der Waals surface area contributed by atoms with Crippen molar-refractivity contribution in [1.29, 1.82) is 0 Å². The number of terminal acetylenes is 2. The van der Waals surface area contributed by atoms with E-state index in [2.05, 4.69) is 11.8 Å². The molecule has 0 heterocycles. The van der Waals surface area contributed by atoms with Gasteiger partial charge in [-0.1, -0.05) is 0 Å². The van der Waals surface area contributed by atoms with Crippen molar-refractivity contribution in [3.05, 3.63) is 0 Å². The summed E-state index contributed by atoms with van der Waals surface area (Å²) in [5.74, 6) is 4.85. The Kier molecular flexibility index (Phi) is 12.0. The second-order valence-corrected chi connectivity index (χ2v) is 0.908. The van der Waals surface area contributed by atoms with Gasteiger partial charge in [-0.05, 0) is 0 Å². The number of unbranched alkanes of at least 4 members (excludes halogenated alkanes) is 1. The Morgan fingerprint density at radius 1 is 1.00 bits per heavy atom. The summed E-state index contributed by atoms with van der Waals surface area (Å²) in [6, 6.07) is 0. The van der Waals surface area contributed by atoms with E-state index in [1.165, 1.54) is 0 Å². The second kappa shape index (κ2) is 8.91. The molecule has 0 spiro atoms. The van der Waals surface area contributed by atoms with E-state index in [9.17, 15) is 0 Å². The third-order valence-corrected chi connectivity index (χ3v) is 0.414. The Hall–Kier alpha value is -0.920. The summed E-state index contributed by atoms with van der Waals surface area (Å²) in [4.78, 5) is 0. The molecule has 0 rings (SSSR count). The molecule has 0 saturated carbocycles. The maximum absolute atomic E-state index is 4.87. The van der Waals surface area contributed by atoms with Crippen LogP contribution in [-0.2, 0) is 0 Å². The minimum absolute atomic E-state index is 0. The summed E-state index contributed by atoms with van der Waals surface area (Å²) in [5.41, 5.74) is 0. The summed E-state index contributed by atoms with van der Waals surface area (Å²) in [6.07, 6.45) is 11.1. The molecule has 1 nitrogen and oxygen atoms in total. The zero-order valence-corrected chi connectivity index (χ0v) is 4.28. The highest BCUT2D eigenvalue weighted by Crippen LogP contribution is 1.78. The molecule has 38 valence electrons. The Morgan fingerprint density at radius 2 is 1.29 bits per heavy atom. The largest absolute Gasteiger partial charge is 0.344 e. The molecular formula is C6H9N. The topological polar surface area (TPSA) is 35.0 Å². The molecule has 0 saturated heterocycles. The highest BCUT2D eigenvalue weighted by Gasteiger charge is 1.66. The van der Waals surface area contributed by atoms with Gasteiger partial charge in [0.25, 0.3) is 0 Å². The van der Waals surface area contributed by atoms with Gasteiger partial charge in [0.2, 0.25) is 0 Å².